The Morgan fingerprint density at radius 3 is 2.25 bits per heavy atom. The van der Waals surface area contributed by atoms with Crippen molar-refractivity contribution in [1.29, 1.82) is 0 Å². The molecule has 0 aromatic heterocycles. The molecule has 2 atom stereocenters. The highest BCUT2D eigenvalue weighted by Gasteiger charge is 2.33. The molecule has 2 unspecified atom stereocenters. The highest BCUT2D eigenvalue weighted by atomic mass is 79.9. The van der Waals surface area contributed by atoms with E-state index in [0.717, 1.165) is 10.0 Å². The summed E-state index contributed by atoms with van der Waals surface area (Å²) in [5, 5.41) is 0.641. The van der Waals surface area contributed by atoms with Crippen LogP contribution >= 0.6 is 43.6 Å². The Labute approximate surface area is 141 Å². The van der Waals surface area contributed by atoms with Crippen molar-refractivity contribution in [3.8, 4) is 0 Å². The lowest BCUT2D eigenvalue weighted by atomic mass is 10.2. The Bertz CT molecular complexity index is 609. The minimum absolute atomic E-state index is 0.321. The summed E-state index contributed by atoms with van der Waals surface area (Å²) in [6, 6.07) is 3.52. The quantitative estimate of drug-likeness (QED) is 0.693. The van der Waals surface area contributed by atoms with Gasteiger partial charge >= 0.3 is 0 Å². The number of halogens is 2. The maximum absolute atomic E-state index is 12.8. The van der Waals surface area contributed by atoms with Gasteiger partial charge in [-0.25, -0.2) is 8.42 Å². The van der Waals surface area contributed by atoms with E-state index in [-0.39, 0.29) is 0 Å². The molecule has 1 heterocycles. The molecular weight excluding hydrogens is 426 g/mol. The number of nitrogens with zero attached hydrogens (tertiary/aromatic N) is 1. The van der Waals surface area contributed by atoms with E-state index in [2.05, 4.69) is 45.7 Å². The van der Waals surface area contributed by atoms with Crippen LogP contribution in [0.4, 0.5) is 0 Å². The summed E-state index contributed by atoms with van der Waals surface area (Å²) < 4.78 is 28.7. The monoisotopic (exact) mass is 441 g/mol. The highest BCUT2D eigenvalue weighted by Crippen LogP contribution is 2.34. The van der Waals surface area contributed by atoms with Gasteiger partial charge in [0.05, 0.1) is 4.90 Å². The average molecular weight is 443 g/mol. The predicted octanol–water partition coefficient (Wildman–Crippen LogP) is 4.03. The van der Waals surface area contributed by atoms with Gasteiger partial charge in [-0.05, 0) is 40.5 Å². The number of thioether (sulfide) groups is 1. The molecular formula is C13H17Br2NO2S2. The van der Waals surface area contributed by atoms with Crippen LogP contribution in [0, 0.1) is 6.92 Å². The van der Waals surface area contributed by atoms with E-state index in [1.165, 1.54) is 0 Å². The van der Waals surface area contributed by atoms with Crippen molar-refractivity contribution >= 4 is 53.6 Å². The van der Waals surface area contributed by atoms with Crippen molar-refractivity contribution in [1.82, 2.24) is 4.31 Å². The predicted molar refractivity (Wildman–Crippen MR) is 91.9 cm³/mol. The largest absolute Gasteiger partial charge is 0.244 e. The molecule has 7 heteroatoms. The van der Waals surface area contributed by atoms with E-state index in [0.29, 0.717) is 33.0 Å². The zero-order valence-electron chi connectivity index (χ0n) is 11.6. The molecule has 0 N–H and O–H groups in total. The lowest BCUT2D eigenvalue weighted by molar-refractivity contribution is 0.404. The summed E-state index contributed by atoms with van der Waals surface area (Å²) >= 11 is 8.63. The molecule has 2 rings (SSSR count). The van der Waals surface area contributed by atoms with Gasteiger partial charge in [0.25, 0.3) is 0 Å². The van der Waals surface area contributed by atoms with Gasteiger partial charge in [-0.3, -0.25) is 0 Å². The van der Waals surface area contributed by atoms with Crippen LogP contribution in [0.5, 0.6) is 0 Å². The fraction of sp³-hybridized carbons (Fsp3) is 0.538. The van der Waals surface area contributed by atoms with E-state index in [9.17, 15) is 8.42 Å². The molecule has 0 aliphatic carbocycles. The van der Waals surface area contributed by atoms with Crippen LogP contribution in [-0.2, 0) is 10.0 Å². The fourth-order valence-electron chi connectivity index (χ4n) is 2.29. The minimum Gasteiger partial charge on any atom is -0.207 e. The molecule has 20 heavy (non-hydrogen) atoms. The topological polar surface area (TPSA) is 37.4 Å². The maximum Gasteiger partial charge on any atom is 0.244 e. The van der Waals surface area contributed by atoms with Crippen LogP contribution in [0.3, 0.4) is 0 Å². The van der Waals surface area contributed by atoms with Gasteiger partial charge in [0, 0.05) is 32.5 Å². The molecule has 1 aliphatic heterocycles. The first kappa shape index (κ1) is 16.8. The standard InChI is InChI=1S/C13H17Br2NO2S2/c1-8-4-12(15)13(5-11(8)14)20(17,18)16-6-9(2)19-10(3)7-16/h4-5,9-10H,6-7H2,1-3H3. The highest BCUT2D eigenvalue weighted by molar-refractivity contribution is 9.11. The first-order chi connectivity index (χ1) is 9.21. The second-order valence-electron chi connectivity index (χ2n) is 5.11. The summed E-state index contributed by atoms with van der Waals surface area (Å²) in [6.45, 7) is 7.21. The second kappa shape index (κ2) is 6.28. The molecule has 0 saturated carbocycles. The summed E-state index contributed by atoms with van der Waals surface area (Å²) in [5.41, 5.74) is 1.01. The summed E-state index contributed by atoms with van der Waals surface area (Å²) in [5.74, 6) is 0. The Kier molecular flexibility index (Phi) is 5.28. The van der Waals surface area contributed by atoms with Crippen LogP contribution in [0.2, 0.25) is 0 Å². The summed E-state index contributed by atoms with van der Waals surface area (Å²) in [6.07, 6.45) is 0. The zero-order chi connectivity index (χ0) is 15.1. The molecule has 1 saturated heterocycles. The molecule has 1 aliphatic rings. The van der Waals surface area contributed by atoms with E-state index >= 15 is 0 Å². The van der Waals surface area contributed by atoms with E-state index in [1.807, 2.05) is 24.8 Å². The lowest BCUT2D eigenvalue weighted by Gasteiger charge is -2.33. The van der Waals surface area contributed by atoms with Crippen LogP contribution in [0.25, 0.3) is 0 Å². The van der Waals surface area contributed by atoms with E-state index < -0.39 is 10.0 Å². The molecule has 1 aromatic carbocycles. The molecule has 1 fully saturated rings. The van der Waals surface area contributed by atoms with Crippen LogP contribution in [0.1, 0.15) is 19.4 Å². The van der Waals surface area contributed by atoms with Crippen molar-refractivity contribution in [2.75, 3.05) is 13.1 Å². The van der Waals surface area contributed by atoms with Gasteiger partial charge in [0.1, 0.15) is 0 Å². The molecule has 0 amide bonds. The van der Waals surface area contributed by atoms with E-state index in [1.54, 1.807) is 10.4 Å². The Balaban J connectivity index is 2.42. The van der Waals surface area contributed by atoms with Crippen molar-refractivity contribution in [2.45, 2.75) is 36.2 Å². The maximum atomic E-state index is 12.8. The van der Waals surface area contributed by atoms with Crippen molar-refractivity contribution in [2.24, 2.45) is 0 Å². The average Bonchev–Trinajstić information content (AvgIpc) is 2.32. The van der Waals surface area contributed by atoms with Crippen LogP contribution in [0.15, 0.2) is 26.0 Å². The van der Waals surface area contributed by atoms with Gasteiger partial charge in [0.2, 0.25) is 10.0 Å². The van der Waals surface area contributed by atoms with Gasteiger partial charge in [-0.2, -0.15) is 16.1 Å². The van der Waals surface area contributed by atoms with Crippen LogP contribution < -0.4 is 0 Å². The number of hydrogen-bond donors (Lipinski definition) is 0. The molecule has 0 radical (unpaired) electrons. The van der Waals surface area contributed by atoms with Gasteiger partial charge in [-0.1, -0.05) is 29.8 Å². The SMILES string of the molecule is Cc1cc(Br)c(S(=O)(=O)N2CC(C)SC(C)C2)cc1Br. The van der Waals surface area contributed by atoms with Gasteiger partial charge in [-0.15, -0.1) is 0 Å². The third kappa shape index (κ3) is 3.43. The van der Waals surface area contributed by atoms with Gasteiger partial charge < -0.3 is 0 Å². The van der Waals surface area contributed by atoms with E-state index in [4.69, 9.17) is 0 Å². The molecule has 3 nitrogen and oxygen atoms in total. The number of rotatable bonds is 2. The third-order valence-corrected chi connectivity index (χ3v) is 8.09. The zero-order valence-corrected chi connectivity index (χ0v) is 16.4. The third-order valence-electron chi connectivity index (χ3n) is 3.22. The molecule has 112 valence electrons. The number of aryl methyl sites for hydroxylation is 1. The molecule has 0 bridgehead atoms. The van der Waals surface area contributed by atoms with Crippen molar-refractivity contribution in [3.05, 3.63) is 26.6 Å². The molecule has 1 aromatic rings. The Morgan fingerprint density at radius 1 is 1.15 bits per heavy atom. The first-order valence-corrected chi connectivity index (χ1v) is 10.3. The van der Waals surface area contributed by atoms with Crippen molar-refractivity contribution < 1.29 is 8.42 Å². The van der Waals surface area contributed by atoms with Crippen molar-refractivity contribution in [3.63, 3.8) is 0 Å². The van der Waals surface area contributed by atoms with Gasteiger partial charge in [0.15, 0.2) is 0 Å². The Morgan fingerprint density at radius 2 is 1.70 bits per heavy atom. The molecule has 0 spiro atoms. The summed E-state index contributed by atoms with van der Waals surface area (Å²) in [4.78, 5) is 0.335. The number of sulfonamides is 1. The lowest BCUT2D eigenvalue weighted by Crippen LogP contribution is -2.44. The first-order valence-electron chi connectivity index (χ1n) is 6.33. The fourth-order valence-corrected chi connectivity index (χ4v) is 7.06. The number of benzene rings is 1. The normalized spacial score (nSPS) is 24.9. The minimum atomic E-state index is -3.45. The number of hydrogen-bond acceptors (Lipinski definition) is 3. The smallest absolute Gasteiger partial charge is 0.207 e. The Hall–Kier alpha value is 0.440. The van der Waals surface area contributed by atoms with Crippen LogP contribution in [-0.4, -0.2) is 36.3 Å². The second-order valence-corrected chi connectivity index (χ2v) is 10.6. The summed E-state index contributed by atoms with van der Waals surface area (Å²) in [7, 11) is -3.45.